The first-order chi connectivity index (χ1) is 12.1. The van der Waals surface area contributed by atoms with Gasteiger partial charge in [-0.3, -0.25) is 0 Å². The standard InChI is InChI=1S/C18H22BrN5O/c19-15-9-13-14(10-21-17(13)23-16(15)20)11-5-7-24(8-6-11)18(25)22-12-3-1-2-4-12/h5,9-10,12H,1-4,6-8H2,(H,22,25)(H3,20,21,23). The van der Waals surface area contributed by atoms with Gasteiger partial charge in [-0.2, -0.15) is 0 Å². The molecule has 1 aliphatic carbocycles. The molecule has 1 aliphatic heterocycles. The van der Waals surface area contributed by atoms with Crippen LogP contribution >= 0.6 is 15.9 Å². The molecule has 0 aromatic carbocycles. The number of aromatic amines is 1. The molecule has 7 heteroatoms. The number of rotatable bonds is 2. The number of nitrogen functional groups attached to an aromatic ring is 1. The molecule has 0 bridgehead atoms. The highest BCUT2D eigenvalue weighted by atomic mass is 79.9. The van der Waals surface area contributed by atoms with Crippen molar-refractivity contribution in [2.24, 2.45) is 0 Å². The van der Waals surface area contributed by atoms with E-state index in [1.165, 1.54) is 18.4 Å². The highest BCUT2D eigenvalue weighted by Crippen LogP contribution is 2.32. The van der Waals surface area contributed by atoms with E-state index in [1.54, 1.807) is 0 Å². The zero-order chi connectivity index (χ0) is 17.4. The molecule has 6 nitrogen and oxygen atoms in total. The van der Waals surface area contributed by atoms with Crippen LogP contribution in [0.1, 0.15) is 37.7 Å². The average Bonchev–Trinajstić information content (AvgIpc) is 3.25. The summed E-state index contributed by atoms with van der Waals surface area (Å²) in [5.41, 5.74) is 9.02. The van der Waals surface area contributed by atoms with Crippen LogP contribution in [0, 0.1) is 0 Å². The van der Waals surface area contributed by atoms with Crippen molar-refractivity contribution in [3.05, 3.63) is 28.4 Å². The van der Waals surface area contributed by atoms with Crippen LogP contribution in [0.2, 0.25) is 0 Å². The fraction of sp³-hybridized carbons (Fsp3) is 0.444. The Balaban J connectivity index is 1.49. The number of carbonyl (C=O) groups is 1. The first kappa shape index (κ1) is 16.4. The summed E-state index contributed by atoms with van der Waals surface area (Å²) in [7, 11) is 0. The fourth-order valence-corrected chi connectivity index (χ4v) is 4.05. The number of aromatic nitrogens is 2. The van der Waals surface area contributed by atoms with Crippen LogP contribution in [0.3, 0.4) is 0 Å². The summed E-state index contributed by atoms with van der Waals surface area (Å²) in [5.74, 6) is 0.480. The molecule has 132 valence electrons. The Hall–Kier alpha value is -2.02. The molecule has 2 aromatic rings. The molecule has 0 atom stereocenters. The third-order valence-electron chi connectivity index (χ3n) is 5.17. The summed E-state index contributed by atoms with van der Waals surface area (Å²) >= 11 is 3.45. The van der Waals surface area contributed by atoms with Gasteiger partial charge in [-0.15, -0.1) is 0 Å². The number of carbonyl (C=O) groups excluding carboxylic acids is 1. The van der Waals surface area contributed by atoms with Crippen molar-refractivity contribution in [2.75, 3.05) is 18.8 Å². The summed E-state index contributed by atoms with van der Waals surface area (Å²) in [4.78, 5) is 21.8. The fourth-order valence-electron chi connectivity index (χ4n) is 3.74. The molecule has 0 unspecified atom stereocenters. The maximum Gasteiger partial charge on any atom is 0.317 e. The van der Waals surface area contributed by atoms with Crippen LogP contribution < -0.4 is 11.1 Å². The number of hydrogen-bond donors (Lipinski definition) is 3. The van der Waals surface area contributed by atoms with Crippen molar-refractivity contribution in [3.63, 3.8) is 0 Å². The van der Waals surface area contributed by atoms with Crippen molar-refractivity contribution in [3.8, 4) is 0 Å². The molecule has 2 aliphatic rings. The van der Waals surface area contributed by atoms with E-state index in [9.17, 15) is 4.79 Å². The quantitative estimate of drug-likeness (QED) is 0.714. The zero-order valence-corrected chi connectivity index (χ0v) is 15.6. The third-order valence-corrected chi connectivity index (χ3v) is 5.81. The Bertz CT molecular complexity index is 837. The smallest absolute Gasteiger partial charge is 0.317 e. The van der Waals surface area contributed by atoms with Crippen LogP contribution in [-0.2, 0) is 0 Å². The van der Waals surface area contributed by atoms with Gasteiger partial charge in [0.1, 0.15) is 11.5 Å². The van der Waals surface area contributed by atoms with Gasteiger partial charge < -0.3 is 20.9 Å². The monoisotopic (exact) mass is 403 g/mol. The summed E-state index contributed by atoms with van der Waals surface area (Å²) in [5, 5.41) is 4.21. The normalized spacial score (nSPS) is 18.6. The number of nitrogens with zero attached hydrogens (tertiary/aromatic N) is 2. The molecule has 1 fully saturated rings. The van der Waals surface area contributed by atoms with E-state index in [4.69, 9.17) is 5.73 Å². The van der Waals surface area contributed by atoms with Crippen molar-refractivity contribution in [1.82, 2.24) is 20.2 Å². The van der Waals surface area contributed by atoms with Crippen molar-refractivity contribution in [1.29, 1.82) is 0 Å². The number of fused-ring (bicyclic) bond motifs is 1. The molecule has 2 amide bonds. The molecule has 4 N–H and O–H groups in total. The van der Waals surface area contributed by atoms with Gasteiger partial charge in [0.05, 0.1) is 4.47 Å². The van der Waals surface area contributed by atoms with Gasteiger partial charge in [0.15, 0.2) is 0 Å². The van der Waals surface area contributed by atoms with E-state index in [1.807, 2.05) is 17.2 Å². The first-order valence-electron chi connectivity index (χ1n) is 8.80. The summed E-state index contributed by atoms with van der Waals surface area (Å²) in [6.45, 7) is 1.38. The number of amides is 2. The number of H-pyrrole nitrogens is 1. The predicted molar refractivity (Wildman–Crippen MR) is 103 cm³/mol. The third kappa shape index (κ3) is 3.25. The first-order valence-corrected chi connectivity index (χ1v) is 9.59. The molecule has 1 saturated carbocycles. The zero-order valence-electron chi connectivity index (χ0n) is 14.0. The largest absolute Gasteiger partial charge is 0.383 e. The maximum atomic E-state index is 12.4. The Morgan fingerprint density at radius 1 is 1.40 bits per heavy atom. The molecule has 4 rings (SSSR count). The molecular weight excluding hydrogens is 382 g/mol. The SMILES string of the molecule is Nc1nc2[nH]cc(C3=CCN(C(=O)NC4CCCC4)CC3)c2cc1Br. The highest BCUT2D eigenvalue weighted by molar-refractivity contribution is 9.10. The second-order valence-electron chi connectivity index (χ2n) is 6.81. The van der Waals surface area contributed by atoms with E-state index in [0.717, 1.165) is 46.9 Å². The van der Waals surface area contributed by atoms with E-state index in [-0.39, 0.29) is 6.03 Å². The average molecular weight is 404 g/mol. The van der Waals surface area contributed by atoms with Crippen LogP contribution in [-0.4, -0.2) is 40.0 Å². The van der Waals surface area contributed by atoms with Gasteiger partial charge in [-0.1, -0.05) is 18.9 Å². The number of hydrogen-bond acceptors (Lipinski definition) is 3. The van der Waals surface area contributed by atoms with E-state index < -0.39 is 0 Å². The van der Waals surface area contributed by atoms with Gasteiger partial charge in [0.2, 0.25) is 0 Å². The van der Waals surface area contributed by atoms with E-state index in [2.05, 4.69) is 37.3 Å². The van der Waals surface area contributed by atoms with E-state index >= 15 is 0 Å². The van der Waals surface area contributed by atoms with Crippen LogP contribution in [0.4, 0.5) is 10.6 Å². The number of pyridine rings is 1. The molecular formula is C18H22BrN5O. The lowest BCUT2D eigenvalue weighted by Gasteiger charge is -2.28. The molecule has 25 heavy (non-hydrogen) atoms. The maximum absolute atomic E-state index is 12.4. The second kappa shape index (κ2) is 6.71. The summed E-state index contributed by atoms with van der Waals surface area (Å²) < 4.78 is 0.801. The Morgan fingerprint density at radius 2 is 2.20 bits per heavy atom. The van der Waals surface area contributed by atoms with Gasteiger partial charge >= 0.3 is 6.03 Å². The Labute approximate surface area is 155 Å². The summed E-state index contributed by atoms with van der Waals surface area (Å²) in [6.07, 6.45) is 9.64. The lowest BCUT2D eigenvalue weighted by atomic mass is 10.00. The lowest BCUT2D eigenvalue weighted by molar-refractivity contribution is 0.199. The topological polar surface area (TPSA) is 87.0 Å². The van der Waals surface area contributed by atoms with E-state index in [0.29, 0.717) is 18.4 Å². The van der Waals surface area contributed by atoms with Gasteiger partial charge in [0.25, 0.3) is 0 Å². The molecule has 0 spiro atoms. The summed E-state index contributed by atoms with van der Waals surface area (Å²) in [6, 6.07) is 2.43. The Kier molecular flexibility index (Phi) is 4.41. The minimum atomic E-state index is 0.0679. The van der Waals surface area contributed by atoms with Crippen molar-refractivity contribution in [2.45, 2.75) is 38.1 Å². The number of nitrogens with one attached hydrogen (secondary N) is 2. The molecule has 0 saturated heterocycles. The minimum absolute atomic E-state index is 0.0679. The number of urea groups is 1. The van der Waals surface area contributed by atoms with Crippen molar-refractivity contribution >= 4 is 44.4 Å². The Morgan fingerprint density at radius 3 is 2.92 bits per heavy atom. The van der Waals surface area contributed by atoms with Crippen LogP contribution in [0.25, 0.3) is 16.6 Å². The number of anilines is 1. The highest BCUT2D eigenvalue weighted by Gasteiger charge is 2.23. The lowest BCUT2D eigenvalue weighted by Crippen LogP contribution is -2.45. The molecule has 3 heterocycles. The van der Waals surface area contributed by atoms with Crippen LogP contribution in [0.5, 0.6) is 0 Å². The molecule has 2 aromatic heterocycles. The minimum Gasteiger partial charge on any atom is -0.383 e. The number of nitrogens with two attached hydrogens (primary N) is 1. The van der Waals surface area contributed by atoms with Gasteiger partial charge in [-0.25, -0.2) is 9.78 Å². The number of halogens is 1. The van der Waals surface area contributed by atoms with Crippen molar-refractivity contribution < 1.29 is 4.79 Å². The van der Waals surface area contributed by atoms with Gasteiger partial charge in [-0.05, 0) is 46.8 Å². The van der Waals surface area contributed by atoms with Gasteiger partial charge in [0, 0.05) is 36.3 Å². The predicted octanol–water partition coefficient (Wildman–Crippen LogP) is 3.65. The van der Waals surface area contributed by atoms with Crippen LogP contribution in [0.15, 0.2) is 22.8 Å². The second-order valence-corrected chi connectivity index (χ2v) is 7.66. The molecule has 0 radical (unpaired) electrons.